The molecule has 0 bridgehead atoms. The average Bonchev–Trinajstić information content (AvgIpc) is 3.70. The lowest BCUT2D eigenvalue weighted by Crippen LogP contribution is -2.49. The van der Waals surface area contributed by atoms with Gasteiger partial charge in [-0.2, -0.15) is 13.2 Å². The molecule has 4 rings (SSSR count). The van der Waals surface area contributed by atoms with Crippen molar-refractivity contribution in [2.45, 2.75) is 89.1 Å². The minimum atomic E-state index is -4.65. The van der Waals surface area contributed by atoms with Crippen LogP contribution in [-0.2, 0) is 16.0 Å². The van der Waals surface area contributed by atoms with E-state index in [1.165, 1.54) is 14.0 Å². The Labute approximate surface area is 205 Å². The molecule has 0 aromatic carbocycles. The van der Waals surface area contributed by atoms with Crippen LogP contribution in [0.2, 0.25) is 0 Å². The molecule has 3 aliphatic carbocycles. The second kappa shape index (κ2) is 9.56. The van der Waals surface area contributed by atoms with E-state index in [0.717, 1.165) is 38.2 Å². The fourth-order valence-corrected chi connectivity index (χ4v) is 7.84. The number of carbonyl (C=O) groups excluding carboxylic acids is 1. The van der Waals surface area contributed by atoms with Gasteiger partial charge < -0.3 is 10.1 Å². The number of halogens is 3. The lowest BCUT2D eigenvalue weighted by molar-refractivity contribution is -0.141. The molecule has 1 unspecified atom stereocenters. The van der Waals surface area contributed by atoms with Crippen LogP contribution in [0.3, 0.4) is 0 Å². The largest absolute Gasteiger partial charge is 0.480 e. The molecule has 0 saturated heterocycles. The third kappa shape index (κ3) is 5.94. The Bertz CT molecular complexity index is 1060. The van der Waals surface area contributed by atoms with Crippen LogP contribution in [0.4, 0.5) is 13.2 Å². The minimum Gasteiger partial charge on any atom is -0.480 e. The summed E-state index contributed by atoms with van der Waals surface area (Å²) in [6, 6.07) is 0.590. The molecule has 0 radical (unpaired) electrons. The van der Waals surface area contributed by atoms with Crippen LogP contribution in [-0.4, -0.2) is 43.5 Å². The number of rotatable bonds is 9. The van der Waals surface area contributed by atoms with Crippen molar-refractivity contribution in [3.8, 4) is 5.88 Å². The highest BCUT2D eigenvalue weighted by Crippen LogP contribution is 2.51. The zero-order chi connectivity index (χ0) is 25.6. The first-order chi connectivity index (χ1) is 16.3. The van der Waals surface area contributed by atoms with Crippen molar-refractivity contribution >= 4 is 15.7 Å². The van der Waals surface area contributed by atoms with E-state index in [-0.39, 0.29) is 33.7 Å². The number of aryl methyl sites for hydroxylation is 1. The molecule has 3 aliphatic rings. The van der Waals surface area contributed by atoms with Gasteiger partial charge in [0.05, 0.1) is 18.1 Å². The molecule has 3 saturated carbocycles. The molecule has 1 heterocycles. The fourth-order valence-electron chi connectivity index (χ4n) is 5.62. The number of sulfone groups is 1. The molecule has 35 heavy (non-hydrogen) atoms. The summed E-state index contributed by atoms with van der Waals surface area (Å²) < 4.78 is 70.3. The van der Waals surface area contributed by atoms with Gasteiger partial charge in [0.1, 0.15) is 11.3 Å². The van der Waals surface area contributed by atoms with Crippen LogP contribution in [0.25, 0.3) is 0 Å². The van der Waals surface area contributed by atoms with Crippen LogP contribution >= 0.6 is 0 Å². The van der Waals surface area contributed by atoms with E-state index in [4.69, 9.17) is 4.74 Å². The first kappa shape index (κ1) is 26.2. The monoisotopic (exact) mass is 516 g/mol. The topological polar surface area (TPSA) is 85.4 Å². The standard InChI is InChI=1S/C25H35F3N2O4S/c1-15-12-20(25(26,27)28)30-23(34-3)21(15)22(31)29-16(2)24(13-17-4-5-17)10-8-19(9-11-24)35(32,33)14-18-6-7-18/h12,16-19H,4-11,13-14H2,1-3H3,(H,29,31). The number of alkyl halides is 3. The Morgan fingerprint density at radius 2 is 1.77 bits per heavy atom. The number of methoxy groups -OCH3 is 1. The van der Waals surface area contributed by atoms with Crippen molar-refractivity contribution < 1.29 is 31.1 Å². The van der Waals surface area contributed by atoms with Crippen molar-refractivity contribution in [3.05, 3.63) is 22.9 Å². The van der Waals surface area contributed by atoms with Gasteiger partial charge >= 0.3 is 6.18 Å². The van der Waals surface area contributed by atoms with E-state index in [1.807, 2.05) is 6.92 Å². The summed E-state index contributed by atoms with van der Waals surface area (Å²) in [4.78, 5) is 16.8. The van der Waals surface area contributed by atoms with Gasteiger partial charge in [0.25, 0.3) is 5.91 Å². The average molecular weight is 517 g/mol. The van der Waals surface area contributed by atoms with Gasteiger partial charge in [-0.05, 0) is 87.7 Å². The molecule has 196 valence electrons. The summed E-state index contributed by atoms with van der Waals surface area (Å²) in [5.41, 5.74) is -1.20. The molecule has 0 aliphatic heterocycles. The van der Waals surface area contributed by atoms with E-state index in [0.29, 0.717) is 43.3 Å². The highest BCUT2D eigenvalue weighted by atomic mass is 32.2. The number of ether oxygens (including phenoxy) is 1. The fraction of sp³-hybridized carbons (Fsp3) is 0.760. The van der Waals surface area contributed by atoms with Gasteiger partial charge in [-0.25, -0.2) is 13.4 Å². The summed E-state index contributed by atoms with van der Waals surface area (Å²) in [5, 5.41) is 2.70. The van der Waals surface area contributed by atoms with Crippen molar-refractivity contribution in [1.29, 1.82) is 0 Å². The Kier molecular flexibility index (Phi) is 7.16. The first-order valence-corrected chi connectivity index (χ1v) is 14.2. The number of hydrogen-bond acceptors (Lipinski definition) is 5. The molecular weight excluding hydrogens is 481 g/mol. The molecule has 1 amide bonds. The Balaban J connectivity index is 1.50. The zero-order valence-corrected chi connectivity index (χ0v) is 21.4. The normalized spacial score (nSPS) is 26.3. The molecule has 1 aromatic rings. The lowest BCUT2D eigenvalue weighted by Gasteiger charge is -2.45. The minimum absolute atomic E-state index is 0.00498. The molecule has 6 nitrogen and oxygen atoms in total. The van der Waals surface area contributed by atoms with E-state index < -0.39 is 27.6 Å². The number of amides is 1. The predicted octanol–water partition coefficient (Wildman–Crippen LogP) is 5.09. The molecule has 1 N–H and O–H groups in total. The zero-order valence-electron chi connectivity index (χ0n) is 20.6. The van der Waals surface area contributed by atoms with Crippen LogP contribution < -0.4 is 10.1 Å². The predicted molar refractivity (Wildman–Crippen MR) is 126 cm³/mol. The summed E-state index contributed by atoms with van der Waals surface area (Å²) in [6.07, 6.45) is 3.16. The Hall–Kier alpha value is -1.84. The van der Waals surface area contributed by atoms with Crippen LogP contribution in [0.1, 0.15) is 86.3 Å². The lowest BCUT2D eigenvalue weighted by atomic mass is 9.66. The van der Waals surface area contributed by atoms with Crippen LogP contribution in [0.15, 0.2) is 6.07 Å². The smallest absolute Gasteiger partial charge is 0.433 e. The number of carbonyl (C=O) groups is 1. The molecule has 0 spiro atoms. The van der Waals surface area contributed by atoms with E-state index in [9.17, 15) is 26.4 Å². The molecular formula is C25H35F3N2O4S. The summed E-state index contributed by atoms with van der Waals surface area (Å²) in [6.45, 7) is 3.37. The van der Waals surface area contributed by atoms with Gasteiger partial charge in [0.2, 0.25) is 5.88 Å². The van der Waals surface area contributed by atoms with Gasteiger partial charge in [0.15, 0.2) is 9.84 Å². The van der Waals surface area contributed by atoms with Crippen molar-refractivity contribution in [1.82, 2.24) is 10.3 Å². The third-order valence-electron chi connectivity index (χ3n) is 8.15. The van der Waals surface area contributed by atoms with E-state index in [2.05, 4.69) is 10.3 Å². The molecule has 1 atom stereocenters. The highest BCUT2D eigenvalue weighted by Gasteiger charge is 2.47. The summed E-state index contributed by atoms with van der Waals surface area (Å²) in [5.74, 6) is 0.323. The van der Waals surface area contributed by atoms with E-state index >= 15 is 0 Å². The Morgan fingerprint density at radius 3 is 2.29 bits per heavy atom. The van der Waals surface area contributed by atoms with Crippen molar-refractivity contribution in [3.63, 3.8) is 0 Å². The molecule has 10 heteroatoms. The van der Waals surface area contributed by atoms with Gasteiger partial charge in [0, 0.05) is 6.04 Å². The van der Waals surface area contributed by atoms with Crippen LogP contribution in [0.5, 0.6) is 5.88 Å². The van der Waals surface area contributed by atoms with Gasteiger partial charge in [-0.15, -0.1) is 0 Å². The van der Waals surface area contributed by atoms with Crippen molar-refractivity contribution in [2.24, 2.45) is 17.3 Å². The second-order valence-corrected chi connectivity index (χ2v) is 13.2. The molecule has 1 aromatic heterocycles. The summed E-state index contributed by atoms with van der Waals surface area (Å²) >= 11 is 0. The number of nitrogens with one attached hydrogen (secondary N) is 1. The maximum Gasteiger partial charge on any atom is 0.433 e. The van der Waals surface area contributed by atoms with Gasteiger partial charge in [-0.3, -0.25) is 4.79 Å². The number of pyridine rings is 1. The maximum atomic E-state index is 13.2. The van der Waals surface area contributed by atoms with Gasteiger partial charge in [-0.1, -0.05) is 12.8 Å². The highest BCUT2D eigenvalue weighted by molar-refractivity contribution is 7.92. The quantitative estimate of drug-likeness (QED) is 0.494. The number of hydrogen-bond donors (Lipinski definition) is 1. The number of nitrogens with zero attached hydrogens (tertiary/aromatic N) is 1. The van der Waals surface area contributed by atoms with Crippen LogP contribution in [0, 0.1) is 24.2 Å². The Morgan fingerprint density at radius 1 is 1.17 bits per heavy atom. The third-order valence-corrected chi connectivity index (χ3v) is 10.6. The number of aromatic nitrogens is 1. The summed E-state index contributed by atoms with van der Waals surface area (Å²) in [7, 11) is -1.92. The second-order valence-electron chi connectivity index (χ2n) is 10.9. The first-order valence-electron chi connectivity index (χ1n) is 12.5. The van der Waals surface area contributed by atoms with E-state index in [1.54, 1.807) is 0 Å². The van der Waals surface area contributed by atoms with Crippen molar-refractivity contribution in [2.75, 3.05) is 12.9 Å². The SMILES string of the molecule is COc1nc(C(F)(F)F)cc(C)c1C(=O)NC(C)C1(CC2CC2)CCC(S(=O)(=O)CC2CC2)CC1. The molecule has 3 fully saturated rings. The maximum absolute atomic E-state index is 13.2.